The molecule has 4 heterocycles. The summed E-state index contributed by atoms with van der Waals surface area (Å²) in [6.45, 7) is 8.62. The van der Waals surface area contributed by atoms with Gasteiger partial charge in [0, 0.05) is 25.2 Å². The highest BCUT2D eigenvalue weighted by atomic mass is 16.5. The van der Waals surface area contributed by atoms with Gasteiger partial charge < -0.3 is 9.22 Å². The Kier molecular flexibility index (Phi) is 7.08. The zero-order valence-electron chi connectivity index (χ0n) is 20.8. The van der Waals surface area contributed by atoms with Crippen molar-refractivity contribution in [1.29, 1.82) is 0 Å². The number of esters is 1. The Hall–Kier alpha value is -2.17. The van der Waals surface area contributed by atoms with Crippen LogP contribution < -0.4 is 0 Å². The van der Waals surface area contributed by atoms with Crippen LogP contribution >= 0.6 is 0 Å². The van der Waals surface area contributed by atoms with Gasteiger partial charge in [0.2, 0.25) is 0 Å². The first kappa shape index (κ1) is 23.6. The average molecular weight is 462 g/mol. The number of hydrogen-bond acceptors (Lipinski definition) is 3. The Balaban J connectivity index is 1.33. The third-order valence-electron chi connectivity index (χ3n) is 8.99. The van der Waals surface area contributed by atoms with Crippen molar-refractivity contribution in [3.63, 3.8) is 0 Å². The minimum Gasteiger partial charge on any atom is -0.454 e. The minimum atomic E-state index is -0.716. The zero-order valence-corrected chi connectivity index (χ0v) is 20.8. The van der Waals surface area contributed by atoms with Crippen molar-refractivity contribution in [3.8, 4) is 0 Å². The van der Waals surface area contributed by atoms with E-state index in [1.165, 1.54) is 44.3 Å². The summed E-state index contributed by atoms with van der Waals surface area (Å²) in [7, 11) is 0. The van der Waals surface area contributed by atoms with Crippen LogP contribution in [0.4, 0.5) is 0 Å². The van der Waals surface area contributed by atoms with Crippen LogP contribution in [0, 0.1) is 5.92 Å². The third-order valence-corrected chi connectivity index (χ3v) is 8.99. The van der Waals surface area contributed by atoms with Crippen LogP contribution in [-0.4, -0.2) is 60.7 Å². The first-order valence-electron chi connectivity index (χ1n) is 13.5. The number of carbonyl (C=O) groups is 1. The van der Waals surface area contributed by atoms with E-state index in [9.17, 15) is 4.79 Å². The lowest BCUT2D eigenvalue weighted by molar-refractivity contribution is -0.946. The molecular weight excluding hydrogens is 420 g/mol. The van der Waals surface area contributed by atoms with E-state index >= 15 is 0 Å². The van der Waals surface area contributed by atoms with Crippen LogP contribution in [0.25, 0.3) is 0 Å². The number of likely N-dealkylation sites (tertiary alicyclic amines) is 1. The molecule has 4 aliphatic heterocycles. The number of fused-ring (bicyclic) bond motifs is 3. The molecular formula is C30H41N2O2+. The highest BCUT2D eigenvalue weighted by Crippen LogP contribution is 2.38. The van der Waals surface area contributed by atoms with Crippen molar-refractivity contribution >= 4 is 5.97 Å². The molecule has 1 unspecified atom stereocenters. The highest BCUT2D eigenvalue weighted by Gasteiger charge is 2.50. The summed E-state index contributed by atoms with van der Waals surface area (Å²) >= 11 is 0. The number of carbonyl (C=O) groups excluding carboxylic acids is 1. The lowest BCUT2D eigenvalue weighted by Gasteiger charge is -2.52. The Labute approximate surface area is 205 Å². The molecule has 6 rings (SSSR count). The van der Waals surface area contributed by atoms with Crippen LogP contribution in [0.1, 0.15) is 56.6 Å². The maximum atomic E-state index is 14.0. The molecule has 0 radical (unpaired) electrons. The molecule has 0 saturated carbocycles. The van der Waals surface area contributed by atoms with E-state index in [0.717, 1.165) is 55.5 Å². The monoisotopic (exact) mass is 461 g/mol. The number of rotatable bonds is 7. The molecule has 0 N–H and O–H groups in total. The fourth-order valence-electron chi connectivity index (χ4n) is 6.64. The predicted octanol–water partition coefficient (Wildman–Crippen LogP) is 5.17. The van der Waals surface area contributed by atoms with Crippen molar-refractivity contribution < 1.29 is 14.0 Å². The number of benzene rings is 2. The molecule has 0 amide bonds. The van der Waals surface area contributed by atoms with Gasteiger partial charge in [-0.25, -0.2) is 4.79 Å². The summed E-state index contributed by atoms with van der Waals surface area (Å²) in [6, 6.07) is 21.2. The molecule has 2 aromatic carbocycles. The smallest absolute Gasteiger partial charge is 0.331 e. The summed E-state index contributed by atoms with van der Waals surface area (Å²) in [6.07, 6.45) is 8.31. The average Bonchev–Trinajstić information content (AvgIpc) is 3.19. The summed E-state index contributed by atoms with van der Waals surface area (Å²) < 4.78 is 7.63. The summed E-state index contributed by atoms with van der Waals surface area (Å²) in [5.74, 6) is 0.477. The van der Waals surface area contributed by atoms with Gasteiger partial charge in [-0.2, -0.15) is 0 Å². The Morgan fingerprint density at radius 1 is 0.941 bits per heavy atom. The molecule has 4 aliphatic rings. The summed E-state index contributed by atoms with van der Waals surface area (Å²) in [5.41, 5.74) is 1.76. The number of nitrogens with zero attached hydrogens (tertiary/aromatic N) is 2. The fraction of sp³-hybridized carbons (Fsp3) is 0.567. The van der Waals surface area contributed by atoms with Crippen LogP contribution in [0.5, 0.6) is 0 Å². The first-order valence-corrected chi connectivity index (χ1v) is 13.5. The lowest BCUT2D eigenvalue weighted by Crippen LogP contribution is -2.65. The van der Waals surface area contributed by atoms with E-state index in [-0.39, 0.29) is 12.1 Å². The quantitative estimate of drug-likeness (QED) is 0.421. The number of ether oxygens (including phenoxy) is 1. The normalized spacial score (nSPS) is 29.2. The second-order valence-corrected chi connectivity index (χ2v) is 11.1. The van der Waals surface area contributed by atoms with E-state index in [1.807, 2.05) is 6.07 Å². The third kappa shape index (κ3) is 4.81. The second kappa shape index (κ2) is 10.2. The number of hydrogen-bond donors (Lipinski definition) is 0. The number of quaternary nitrogens is 1. The van der Waals surface area contributed by atoms with Gasteiger partial charge in [0.25, 0.3) is 0 Å². The van der Waals surface area contributed by atoms with Gasteiger partial charge in [0.15, 0.2) is 6.10 Å². The number of piperidine rings is 3. The maximum absolute atomic E-state index is 14.0. The first-order chi connectivity index (χ1) is 16.6. The topological polar surface area (TPSA) is 29.5 Å². The fourth-order valence-corrected chi connectivity index (χ4v) is 6.64. The van der Waals surface area contributed by atoms with Gasteiger partial charge in [-0.15, -0.1) is 0 Å². The molecule has 2 aromatic rings. The molecule has 4 saturated heterocycles. The Morgan fingerprint density at radius 3 is 2.21 bits per heavy atom. The molecule has 4 heteroatoms. The molecule has 0 aliphatic carbocycles. The lowest BCUT2D eigenvalue weighted by atomic mass is 9.82. The maximum Gasteiger partial charge on any atom is 0.331 e. The molecule has 0 spiro atoms. The molecule has 34 heavy (non-hydrogen) atoms. The van der Waals surface area contributed by atoms with Crippen molar-refractivity contribution in [1.82, 2.24) is 4.90 Å². The van der Waals surface area contributed by atoms with Gasteiger partial charge in [0.1, 0.15) is 12.1 Å². The van der Waals surface area contributed by atoms with E-state index in [1.54, 1.807) is 0 Å². The van der Waals surface area contributed by atoms with Gasteiger partial charge in [-0.3, -0.25) is 4.90 Å². The molecule has 4 fully saturated rings. The molecule has 2 atom stereocenters. The Bertz CT molecular complexity index is 931. The summed E-state index contributed by atoms with van der Waals surface area (Å²) in [5, 5.41) is 0. The standard InChI is InChI=1S/C30H41N2O2/c1-30(27-14-8-5-9-15-27,31-19-10-2-3-11-20-31)29(33)34-28-24-32(22-17-26(28)18-23-32)21-16-25-12-6-4-7-13-25/h4-9,12-15,26,28H,2-3,10-11,16-24H2,1H3/q+1/t26?,28-,30?,32?/m1/s1. The molecule has 4 nitrogen and oxygen atoms in total. The van der Waals surface area contributed by atoms with Crippen LogP contribution in [0.15, 0.2) is 60.7 Å². The van der Waals surface area contributed by atoms with Crippen LogP contribution in [0.3, 0.4) is 0 Å². The SMILES string of the molecule is CC(C(=O)O[C@@H]1C[N+]2(CCc3ccccc3)CCC1CC2)(c1ccccc1)N1CCCCCC1. The molecule has 0 aromatic heterocycles. The summed E-state index contributed by atoms with van der Waals surface area (Å²) in [4.78, 5) is 16.4. The molecule has 182 valence electrons. The predicted molar refractivity (Wildman–Crippen MR) is 136 cm³/mol. The van der Waals surface area contributed by atoms with Gasteiger partial charge in [-0.1, -0.05) is 73.5 Å². The van der Waals surface area contributed by atoms with E-state index < -0.39 is 5.54 Å². The van der Waals surface area contributed by atoms with Crippen LogP contribution in [-0.2, 0) is 21.5 Å². The minimum absolute atomic E-state index is 0.0411. The largest absolute Gasteiger partial charge is 0.454 e. The van der Waals surface area contributed by atoms with E-state index in [4.69, 9.17) is 4.74 Å². The van der Waals surface area contributed by atoms with Crippen molar-refractivity contribution in [2.45, 2.75) is 63.5 Å². The van der Waals surface area contributed by atoms with Crippen molar-refractivity contribution in [3.05, 3.63) is 71.8 Å². The Morgan fingerprint density at radius 2 is 1.56 bits per heavy atom. The van der Waals surface area contributed by atoms with E-state index in [2.05, 4.69) is 66.4 Å². The van der Waals surface area contributed by atoms with E-state index in [0.29, 0.717) is 5.92 Å². The van der Waals surface area contributed by atoms with Crippen molar-refractivity contribution in [2.75, 3.05) is 39.3 Å². The van der Waals surface area contributed by atoms with Gasteiger partial charge in [-0.05, 0) is 44.0 Å². The van der Waals surface area contributed by atoms with Crippen molar-refractivity contribution in [2.24, 2.45) is 5.92 Å². The highest BCUT2D eigenvalue weighted by molar-refractivity contribution is 5.82. The second-order valence-electron chi connectivity index (χ2n) is 11.1. The zero-order chi connectivity index (χ0) is 23.4. The molecule has 2 bridgehead atoms. The van der Waals surface area contributed by atoms with Gasteiger partial charge in [0.05, 0.1) is 19.6 Å². The van der Waals surface area contributed by atoms with Crippen LogP contribution in [0.2, 0.25) is 0 Å². The van der Waals surface area contributed by atoms with Gasteiger partial charge >= 0.3 is 5.97 Å².